The Balaban J connectivity index is 2.12. The monoisotopic (exact) mass is 250 g/mol. The molecule has 0 aliphatic carbocycles. The summed E-state index contributed by atoms with van der Waals surface area (Å²) >= 11 is 0. The molecular weight excluding hydrogens is 231 g/mol. The van der Waals surface area contributed by atoms with Gasteiger partial charge in [-0.2, -0.15) is 0 Å². The fraction of sp³-hybridized carbons (Fsp3) is 0.500. The zero-order valence-electron chi connectivity index (χ0n) is 10.9. The third kappa shape index (κ3) is 2.53. The van der Waals surface area contributed by atoms with Gasteiger partial charge in [-0.1, -0.05) is 19.9 Å². The molecule has 1 aliphatic heterocycles. The first-order chi connectivity index (χ1) is 8.63. The molecule has 18 heavy (non-hydrogen) atoms. The predicted molar refractivity (Wildman–Crippen MR) is 70.2 cm³/mol. The van der Waals surface area contributed by atoms with E-state index in [1.807, 2.05) is 13.8 Å². The first-order valence-electron chi connectivity index (χ1n) is 6.44. The number of carbonyl (C=O) groups excluding carboxylic acids is 1. The van der Waals surface area contributed by atoms with E-state index in [2.05, 4.69) is 5.32 Å². The highest BCUT2D eigenvalue weighted by atomic mass is 19.1. The van der Waals surface area contributed by atoms with Crippen molar-refractivity contribution in [2.45, 2.75) is 20.3 Å². The van der Waals surface area contributed by atoms with Crippen molar-refractivity contribution in [1.82, 2.24) is 5.32 Å². The van der Waals surface area contributed by atoms with E-state index < -0.39 is 0 Å². The fourth-order valence-corrected chi connectivity index (χ4v) is 2.30. The van der Waals surface area contributed by atoms with Crippen molar-refractivity contribution in [3.63, 3.8) is 0 Å². The molecule has 3 nitrogen and oxygen atoms in total. The normalized spacial score (nSPS) is 15.6. The highest BCUT2D eigenvalue weighted by Crippen LogP contribution is 2.29. The molecule has 1 aromatic carbocycles. The van der Waals surface area contributed by atoms with Crippen LogP contribution in [0.3, 0.4) is 0 Å². The maximum atomic E-state index is 13.3. The van der Waals surface area contributed by atoms with E-state index in [-0.39, 0.29) is 17.6 Å². The van der Waals surface area contributed by atoms with Crippen molar-refractivity contribution in [2.75, 3.05) is 24.5 Å². The number of fused-ring (bicyclic) bond motifs is 1. The maximum Gasteiger partial charge on any atom is 0.231 e. The highest BCUT2D eigenvalue weighted by Gasteiger charge is 2.27. The maximum absolute atomic E-state index is 13.3. The van der Waals surface area contributed by atoms with Crippen LogP contribution in [0.5, 0.6) is 0 Å². The van der Waals surface area contributed by atoms with Gasteiger partial charge < -0.3 is 10.2 Å². The Kier molecular flexibility index (Phi) is 3.97. The minimum absolute atomic E-state index is 0.0697. The summed E-state index contributed by atoms with van der Waals surface area (Å²) in [6.45, 7) is 6.09. The number of benzene rings is 1. The van der Waals surface area contributed by atoms with Gasteiger partial charge in [0.1, 0.15) is 5.82 Å². The van der Waals surface area contributed by atoms with E-state index in [4.69, 9.17) is 0 Å². The van der Waals surface area contributed by atoms with E-state index >= 15 is 0 Å². The molecule has 1 atom stereocenters. The number of nitrogens with one attached hydrogen (secondary N) is 1. The molecule has 1 unspecified atom stereocenters. The summed E-state index contributed by atoms with van der Waals surface area (Å²) in [7, 11) is 0. The lowest BCUT2D eigenvalue weighted by atomic mass is 10.1. The second-order valence-electron chi connectivity index (χ2n) is 4.72. The quantitative estimate of drug-likeness (QED) is 0.886. The van der Waals surface area contributed by atoms with Crippen LogP contribution in [0.1, 0.15) is 19.4 Å². The van der Waals surface area contributed by atoms with Gasteiger partial charge in [0.15, 0.2) is 0 Å². The van der Waals surface area contributed by atoms with Gasteiger partial charge in [0, 0.05) is 24.7 Å². The molecule has 1 aromatic rings. The Bertz CT molecular complexity index is 447. The molecule has 1 N–H and O–H groups in total. The topological polar surface area (TPSA) is 32.3 Å². The Morgan fingerprint density at radius 2 is 2.33 bits per heavy atom. The van der Waals surface area contributed by atoms with Crippen LogP contribution in [0.15, 0.2) is 18.2 Å². The Morgan fingerprint density at radius 3 is 3.06 bits per heavy atom. The molecule has 0 bridgehead atoms. The number of anilines is 1. The van der Waals surface area contributed by atoms with Crippen LogP contribution in [0.4, 0.5) is 10.1 Å². The van der Waals surface area contributed by atoms with Gasteiger partial charge in [-0.3, -0.25) is 4.79 Å². The predicted octanol–water partition coefficient (Wildman–Crippen LogP) is 1.96. The smallest absolute Gasteiger partial charge is 0.231 e. The molecule has 0 saturated heterocycles. The Morgan fingerprint density at radius 1 is 1.56 bits per heavy atom. The lowest BCUT2D eigenvalue weighted by Crippen LogP contribution is -2.38. The van der Waals surface area contributed by atoms with Gasteiger partial charge in [-0.25, -0.2) is 4.39 Å². The van der Waals surface area contributed by atoms with Gasteiger partial charge in [-0.05, 0) is 30.7 Å². The number of rotatable bonds is 4. The number of hydrogen-bond donors (Lipinski definition) is 1. The number of hydrogen-bond acceptors (Lipinski definition) is 2. The number of carbonyl (C=O) groups is 1. The zero-order chi connectivity index (χ0) is 13.1. The van der Waals surface area contributed by atoms with Crippen molar-refractivity contribution in [2.24, 2.45) is 5.92 Å². The molecule has 0 aromatic heterocycles. The van der Waals surface area contributed by atoms with Crippen molar-refractivity contribution in [3.8, 4) is 0 Å². The Hall–Kier alpha value is -1.42. The molecule has 98 valence electrons. The third-order valence-corrected chi connectivity index (χ3v) is 3.33. The van der Waals surface area contributed by atoms with Crippen molar-refractivity contribution in [3.05, 3.63) is 29.6 Å². The van der Waals surface area contributed by atoms with Gasteiger partial charge in [-0.15, -0.1) is 0 Å². The lowest BCUT2D eigenvalue weighted by Gasteiger charge is -2.21. The van der Waals surface area contributed by atoms with Crippen LogP contribution >= 0.6 is 0 Å². The van der Waals surface area contributed by atoms with E-state index in [0.717, 1.165) is 24.2 Å². The molecule has 0 radical (unpaired) electrons. The van der Waals surface area contributed by atoms with E-state index in [1.54, 1.807) is 11.0 Å². The van der Waals surface area contributed by atoms with Crippen LogP contribution in [-0.4, -0.2) is 25.5 Å². The standard InChI is InChI=1S/C14H19FN2O/c1-3-16-9-10(2)14(18)17-7-6-11-4-5-12(15)8-13(11)17/h4-5,8,10,16H,3,6-7,9H2,1-2H3. The van der Waals surface area contributed by atoms with Crippen molar-refractivity contribution < 1.29 is 9.18 Å². The first-order valence-corrected chi connectivity index (χ1v) is 6.44. The summed E-state index contributed by atoms with van der Waals surface area (Å²) in [5.41, 5.74) is 1.80. The summed E-state index contributed by atoms with van der Waals surface area (Å²) in [6, 6.07) is 4.68. The van der Waals surface area contributed by atoms with Crippen LogP contribution in [0.2, 0.25) is 0 Å². The summed E-state index contributed by atoms with van der Waals surface area (Å²) < 4.78 is 13.3. The van der Waals surface area contributed by atoms with Crippen LogP contribution in [0, 0.1) is 11.7 Å². The summed E-state index contributed by atoms with van der Waals surface area (Å²) in [5.74, 6) is -0.299. The average molecular weight is 250 g/mol. The van der Waals surface area contributed by atoms with Gasteiger partial charge in [0.05, 0.1) is 0 Å². The zero-order valence-corrected chi connectivity index (χ0v) is 10.9. The molecule has 1 heterocycles. The third-order valence-electron chi connectivity index (χ3n) is 3.33. The average Bonchev–Trinajstić information content (AvgIpc) is 2.77. The molecule has 0 fully saturated rings. The van der Waals surface area contributed by atoms with Crippen LogP contribution in [-0.2, 0) is 11.2 Å². The van der Waals surface area contributed by atoms with E-state index in [1.165, 1.54) is 12.1 Å². The van der Waals surface area contributed by atoms with Crippen molar-refractivity contribution in [1.29, 1.82) is 0 Å². The van der Waals surface area contributed by atoms with Gasteiger partial charge in [0.25, 0.3) is 0 Å². The van der Waals surface area contributed by atoms with Gasteiger partial charge in [0.2, 0.25) is 5.91 Å². The van der Waals surface area contributed by atoms with Gasteiger partial charge >= 0.3 is 0 Å². The van der Waals surface area contributed by atoms with E-state index in [0.29, 0.717) is 13.1 Å². The minimum atomic E-state index is -0.284. The molecule has 4 heteroatoms. The molecule has 0 spiro atoms. The van der Waals surface area contributed by atoms with Crippen LogP contribution < -0.4 is 10.2 Å². The second-order valence-corrected chi connectivity index (χ2v) is 4.72. The Labute approximate surface area is 107 Å². The number of nitrogens with zero attached hydrogens (tertiary/aromatic N) is 1. The number of amides is 1. The highest BCUT2D eigenvalue weighted by molar-refractivity contribution is 5.96. The molecule has 0 saturated carbocycles. The minimum Gasteiger partial charge on any atom is -0.316 e. The summed E-state index contributed by atoms with van der Waals surface area (Å²) in [5, 5.41) is 3.17. The largest absolute Gasteiger partial charge is 0.316 e. The summed E-state index contributed by atoms with van der Waals surface area (Å²) in [6.07, 6.45) is 0.815. The molecular formula is C14H19FN2O. The SMILES string of the molecule is CCNCC(C)C(=O)N1CCc2ccc(F)cc21. The second kappa shape index (κ2) is 5.48. The molecule has 1 amide bonds. The lowest BCUT2D eigenvalue weighted by molar-refractivity contribution is -0.121. The molecule has 2 rings (SSSR count). The number of halogens is 1. The summed E-state index contributed by atoms with van der Waals surface area (Å²) in [4.78, 5) is 14.0. The molecule has 1 aliphatic rings. The first kappa shape index (κ1) is 13.0. The van der Waals surface area contributed by atoms with Crippen LogP contribution in [0.25, 0.3) is 0 Å². The van der Waals surface area contributed by atoms with Crippen molar-refractivity contribution >= 4 is 11.6 Å². The van der Waals surface area contributed by atoms with E-state index in [9.17, 15) is 9.18 Å². The fourth-order valence-electron chi connectivity index (χ4n) is 2.30.